The molecule has 0 spiro atoms. The summed E-state index contributed by atoms with van der Waals surface area (Å²) in [4.78, 5) is 11.5. The van der Waals surface area contributed by atoms with Gasteiger partial charge in [-0.1, -0.05) is 5.16 Å². The summed E-state index contributed by atoms with van der Waals surface area (Å²) in [5.41, 5.74) is -0.717. The maximum Gasteiger partial charge on any atom is 0.316 e. The molecule has 0 unspecified atom stereocenters. The molecule has 2 aromatic heterocycles. The van der Waals surface area contributed by atoms with Crippen LogP contribution in [0.3, 0.4) is 0 Å². The van der Waals surface area contributed by atoms with Crippen molar-refractivity contribution in [3.63, 3.8) is 0 Å². The molecular weight excluding hydrogens is 410 g/mol. The minimum absolute atomic E-state index is 0.0196. The Balaban J connectivity index is 1.87. The van der Waals surface area contributed by atoms with Gasteiger partial charge in [-0.05, 0) is 17.4 Å². The maximum atomic E-state index is 14.4. The van der Waals surface area contributed by atoms with Crippen LogP contribution in [0.2, 0.25) is 0 Å². The second-order valence-electron chi connectivity index (χ2n) is 5.52. The third-order valence-corrected chi connectivity index (χ3v) is 4.96. The molecule has 144 valence electrons. The molecule has 1 saturated heterocycles. The second-order valence-corrected chi connectivity index (χ2v) is 8.05. The normalized spacial score (nSPS) is 15.7. The second kappa shape index (κ2) is 6.37. The van der Waals surface area contributed by atoms with Crippen molar-refractivity contribution < 1.29 is 35.4 Å². The van der Waals surface area contributed by atoms with Gasteiger partial charge in [-0.25, -0.2) is 4.39 Å². The van der Waals surface area contributed by atoms with Crippen LogP contribution in [0, 0.1) is 11.6 Å². The van der Waals surface area contributed by atoms with E-state index in [0.717, 1.165) is 17.0 Å². The summed E-state index contributed by atoms with van der Waals surface area (Å²) in [6, 6.07) is 1.21. The molecule has 3 aromatic rings. The zero-order valence-electron chi connectivity index (χ0n) is 13.5. The predicted octanol–water partition coefficient (Wildman–Crippen LogP) is 1.70. The zero-order chi connectivity index (χ0) is 19.3. The van der Waals surface area contributed by atoms with Gasteiger partial charge in [0.15, 0.2) is 17.9 Å². The fourth-order valence-electron chi connectivity index (χ4n) is 2.56. The smallest absolute Gasteiger partial charge is 0.316 e. The zero-order valence-corrected chi connectivity index (χ0v) is 15.1. The number of thiazole rings is 1. The first-order valence-electron chi connectivity index (χ1n) is 7.37. The molecule has 4 rings (SSSR count). The number of halogens is 2. The number of aromatic nitrogens is 2. The number of hydrogen-bond donors (Lipinski definition) is 0. The van der Waals surface area contributed by atoms with E-state index in [4.69, 9.17) is 14.0 Å². The lowest BCUT2D eigenvalue weighted by molar-refractivity contribution is -0.0467. The minimum atomic E-state index is -3.85. The molecule has 0 saturated carbocycles. The highest BCUT2D eigenvalue weighted by Crippen LogP contribution is 2.34. The van der Waals surface area contributed by atoms with Crippen molar-refractivity contribution in [1.29, 1.82) is 0 Å². The van der Waals surface area contributed by atoms with Gasteiger partial charge in [0, 0.05) is 5.56 Å². The van der Waals surface area contributed by atoms with E-state index in [-0.39, 0.29) is 35.0 Å². The lowest BCUT2D eigenvalue weighted by atomic mass is 10.1. The van der Waals surface area contributed by atoms with E-state index in [1.54, 1.807) is 0 Å². The lowest BCUT2D eigenvalue weighted by Crippen LogP contribution is -2.10. The first kappa shape index (κ1) is 18.0. The van der Waals surface area contributed by atoms with E-state index < -0.39 is 38.5 Å². The summed E-state index contributed by atoms with van der Waals surface area (Å²) in [6.07, 6.45) is 0.781. The highest BCUT2D eigenvalue weighted by atomic mass is 32.2. The van der Waals surface area contributed by atoms with Crippen LogP contribution in [0.15, 0.2) is 21.6 Å². The summed E-state index contributed by atoms with van der Waals surface area (Å²) < 4.78 is 71.9. The number of hydrogen-bond acceptors (Lipinski definition) is 9. The van der Waals surface area contributed by atoms with Crippen molar-refractivity contribution in [2.45, 2.75) is 6.29 Å². The van der Waals surface area contributed by atoms with E-state index in [9.17, 15) is 22.0 Å². The first-order chi connectivity index (χ1) is 12.7. The van der Waals surface area contributed by atoms with Gasteiger partial charge in [-0.3, -0.25) is 9.36 Å². The van der Waals surface area contributed by atoms with Crippen LogP contribution >= 0.6 is 11.3 Å². The minimum Gasteiger partial charge on any atom is -0.370 e. The maximum absolute atomic E-state index is 14.4. The Morgan fingerprint density at radius 2 is 2.00 bits per heavy atom. The van der Waals surface area contributed by atoms with Gasteiger partial charge in [0.2, 0.25) is 16.5 Å². The van der Waals surface area contributed by atoms with Gasteiger partial charge in [-0.15, -0.1) is 0 Å². The molecule has 1 aromatic carbocycles. The molecular formula is C14H10F2N2O7S2. The molecule has 0 aliphatic carbocycles. The van der Waals surface area contributed by atoms with E-state index in [1.165, 1.54) is 6.07 Å². The molecule has 3 heterocycles. The van der Waals surface area contributed by atoms with Crippen LogP contribution in [0.1, 0.15) is 11.9 Å². The van der Waals surface area contributed by atoms with Crippen molar-refractivity contribution in [1.82, 2.24) is 9.72 Å². The highest BCUT2D eigenvalue weighted by molar-refractivity contribution is 7.86. The molecule has 0 amide bonds. The van der Waals surface area contributed by atoms with E-state index in [1.807, 2.05) is 0 Å². The van der Waals surface area contributed by atoms with Gasteiger partial charge in [0.25, 0.3) is 0 Å². The lowest BCUT2D eigenvalue weighted by Gasteiger charge is -2.11. The Labute approximate surface area is 153 Å². The molecule has 1 aliphatic rings. The summed E-state index contributed by atoms with van der Waals surface area (Å²) in [7, 11) is -3.85. The van der Waals surface area contributed by atoms with Crippen molar-refractivity contribution in [2.75, 3.05) is 19.5 Å². The Morgan fingerprint density at radius 1 is 1.30 bits per heavy atom. The molecule has 9 nitrogen and oxygen atoms in total. The van der Waals surface area contributed by atoms with E-state index >= 15 is 0 Å². The SMILES string of the molecule is CS(=O)(=O)Oc1cn(-c2noc3c(F)c(F)c(C4OCCO4)cc23)c(=O)s1. The van der Waals surface area contributed by atoms with Crippen molar-refractivity contribution in [3.8, 4) is 10.9 Å². The first-order valence-corrected chi connectivity index (χ1v) is 10.0. The molecule has 0 atom stereocenters. The van der Waals surface area contributed by atoms with Gasteiger partial charge in [0.05, 0.1) is 31.1 Å². The number of rotatable bonds is 4. The summed E-state index contributed by atoms with van der Waals surface area (Å²) in [5, 5.41) is 3.37. The molecule has 0 N–H and O–H groups in total. The predicted molar refractivity (Wildman–Crippen MR) is 87.5 cm³/mol. The third kappa shape index (κ3) is 3.22. The molecule has 0 radical (unpaired) electrons. The quantitative estimate of drug-likeness (QED) is 0.587. The summed E-state index contributed by atoms with van der Waals surface area (Å²) >= 11 is 0.492. The standard InChI is InChI=1S/C14H10F2N2O7S2/c1-27(20,21)25-8-5-18(14(19)26-8)12-7-4-6(13-22-2-3-23-13)9(15)10(16)11(7)24-17-12/h4-5,13H,2-3H2,1H3. The molecule has 1 fully saturated rings. The average Bonchev–Trinajstić information content (AvgIpc) is 3.29. The van der Waals surface area contributed by atoms with Gasteiger partial charge in [0.1, 0.15) is 0 Å². The fraction of sp³-hybridized carbons (Fsp3) is 0.286. The van der Waals surface area contributed by atoms with E-state index in [0.29, 0.717) is 11.3 Å². The van der Waals surface area contributed by atoms with E-state index in [2.05, 4.69) is 9.34 Å². The van der Waals surface area contributed by atoms with Crippen LogP contribution in [-0.2, 0) is 19.6 Å². The van der Waals surface area contributed by atoms with Crippen molar-refractivity contribution >= 4 is 32.4 Å². The van der Waals surface area contributed by atoms with Crippen LogP contribution < -0.4 is 9.06 Å². The number of fused-ring (bicyclic) bond motifs is 1. The third-order valence-electron chi connectivity index (χ3n) is 3.61. The Bertz CT molecular complexity index is 1190. The molecule has 27 heavy (non-hydrogen) atoms. The summed E-state index contributed by atoms with van der Waals surface area (Å²) in [5.74, 6) is -2.68. The number of ether oxygens (including phenoxy) is 2. The van der Waals surface area contributed by atoms with Gasteiger partial charge in [-0.2, -0.15) is 12.8 Å². The Hall–Kier alpha value is -2.35. The van der Waals surface area contributed by atoms with Crippen LogP contribution in [0.25, 0.3) is 16.8 Å². The van der Waals surface area contributed by atoms with Crippen LogP contribution in [0.4, 0.5) is 8.78 Å². The van der Waals surface area contributed by atoms with Gasteiger partial charge < -0.3 is 18.2 Å². The highest BCUT2D eigenvalue weighted by Gasteiger charge is 2.29. The van der Waals surface area contributed by atoms with Crippen molar-refractivity contribution in [3.05, 3.63) is 39.1 Å². The molecule has 0 bridgehead atoms. The Morgan fingerprint density at radius 3 is 2.67 bits per heavy atom. The Kier molecular flexibility index (Phi) is 4.25. The largest absolute Gasteiger partial charge is 0.370 e. The molecule has 13 heteroatoms. The molecule has 1 aliphatic heterocycles. The topological polar surface area (TPSA) is 110 Å². The summed E-state index contributed by atoms with van der Waals surface area (Å²) in [6.45, 7) is 0.437. The van der Waals surface area contributed by atoms with Crippen LogP contribution in [-0.4, -0.2) is 37.6 Å². The average molecular weight is 420 g/mol. The monoisotopic (exact) mass is 420 g/mol. The van der Waals surface area contributed by atoms with Crippen molar-refractivity contribution in [2.24, 2.45) is 0 Å². The van der Waals surface area contributed by atoms with Crippen LogP contribution in [0.5, 0.6) is 5.06 Å². The fourth-order valence-corrected chi connectivity index (χ4v) is 3.98. The number of nitrogens with zero attached hydrogens (tertiary/aromatic N) is 2. The van der Waals surface area contributed by atoms with Gasteiger partial charge >= 0.3 is 15.0 Å². The number of benzene rings is 1.